The minimum atomic E-state index is -0.651. The smallest absolute Gasteiger partial charge is 0.332 e. The molecule has 0 unspecified atom stereocenters. The van der Waals surface area contributed by atoms with Crippen LogP contribution in [0.5, 0.6) is 0 Å². The lowest BCUT2D eigenvalue weighted by molar-refractivity contribution is -0.140. The molecule has 0 radical (unpaired) electrons. The maximum atomic E-state index is 13.1. The summed E-state index contributed by atoms with van der Waals surface area (Å²) in [4.78, 5) is 15.4. The van der Waals surface area contributed by atoms with Gasteiger partial charge in [-0.05, 0) is 28.5 Å². The van der Waals surface area contributed by atoms with Crippen LogP contribution >= 0.6 is 11.6 Å². The molecule has 110 valence electrons. The number of hydrogen-bond acceptors (Lipinski definition) is 7. The fraction of sp³-hybridized carbons (Fsp3) is 0.0909. The van der Waals surface area contributed by atoms with Gasteiger partial charge in [0.05, 0.1) is 5.02 Å². The number of nitrogens with one attached hydrogen (secondary N) is 1. The second kappa shape index (κ2) is 6.18. The Labute approximate surface area is 122 Å². The number of aromatic nitrogens is 2. The number of oxime groups is 1. The molecule has 0 aliphatic rings. The Morgan fingerprint density at radius 1 is 1.52 bits per heavy atom. The molecule has 10 heteroatoms. The highest BCUT2D eigenvalue weighted by Crippen LogP contribution is 2.20. The van der Waals surface area contributed by atoms with Gasteiger partial charge < -0.3 is 15.9 Å². The average molecular weight is 314 g/mol. The lowest BCUT2D eigenvalue weighted by Crippen LogP contribution is -2.17. The molecule has 0 amide bonds. The summed E-state index contributed by atoms with van der Waals surface area (Å²) in [7, 11) is 0. The van der Waals surface area contributed by atoms with Crippen molar-refractivity contribution in [3.05, 3.63) is 34.7 Å². The Hall–Kier alpha value is -2.68. The molecule has 0 fully saturated rings. The number of halogens is 2. The molecule has 2 rings (SSSR count). The monoisotopic (exact) mass is 313 g/mol. The molecule has 0 spiro atoms. The number of nitrogens with zero attached hydrogens (tertiary/aromatic N) is 3. The summed E-state index contributed by atoms with van der Waals surface area (Å²) in [6.45, 7) is 1.17. The average Bonchev–Trinajstić information content (AvgIpc) is 2.84. The van der Waals surface area contributed by atoms with Gasteiger partial charge in [0.25, 0.3) is 0 Å². The third-order valence-electron chi connectivity index (χ3n) is 2.19. The van der Waals surface area contributed by atoms with Crippen LogP contribution in [-0.2, 0) is 9.63 Å². The zero-order chi connectivity index (χ0) is 15.4. The van der Waals surface area contributed by atoms with Gasteiger partial charge in [0.15, 0.2) is 11.5 Å². The SMILES string of the molecule is CC(=O)O/N=C(\Nc1ccc(F)c(Cl)c1)c1nonc1N. The molecule has 0 aliphatic carbocycles. The molecule has 1 aromatic carbocycles. The van der Waals surface area contributed by atoms with Crippen molar-refractivity contribution in [1.82, 2.24) is 10.3 Å². The van der Waals surface area contributed by atoms with Crippen molar-refractivity contribution in [1.29, 1.82) is 0 Å². The van der Waals surface area contributed by atoms with E-state index in [0.29, 0.717) is 5.69 Å². The number of rotatable bonds is 3. The van der Waals surface area contributed by atoms with Crippen molar-refractivity contribution in [2.24, 2.45) is 5.16 Å². The Morgan fingerprint density at radius 2 is 2.29 bits per heavy atom. The van der Waals surface area contributed by atoms with Crippen molar-refractivity contribution in [3.63, 3.8) is 0 Å². The Bertz CT molecular complexity index is 703. The molecular formula is C11H9ClFN5O3. The number of nitrogens with two attached hydrogens (primary N) is 1. The van der Waals surface area contributed by atoms with E-state index >= 15 is 0 Å². The number of nitrogen functional groups attached to an aromatic ring is 1. The van der Waals surface area contributed by atoms with Crippen LogP contribution in [0.1, 0.15) is 12.6 Å². The largest absolute Gasteiger partial charge is 0.379 e. The second-order valence-electron chi connectivity index (χ2n) is 3.77. The number of benzene rings is 1. The number of anilines is 2. The van der Waals surface area contributed by atoms with Crippen LogP contribution in [0.25, 0.3) is 0 Å². The van der Waals surface area contributed by atoms with Gasteiger partial charge in [-0.3, -0.25) is 0 Å². The van der Waals surface area contributed by atoms with Crippen LogP contribution in [0, 0.1) is 5.82 Å². The summed E-state index contributed by atoms with van der Waals surface area (Å²) < 4.78 is 17.6. The fourth-order valence-electron chi connectivity index (χ4n) is 1.31. The molecule has 0 saturated heterocycles. The van der Waals surface area contributed by atoms with E-state index in [-0.39, 0.29) is 22.4 Å². The molecule has 0 atom stereocenters. The number of amidine groups is 1. The molecule has 0 aliphatic heterocycles. The van der Waals surface area contributed by atoms with Gasteiger partial charge in [-0.2, -0.15) is 0 Å². The van der Waals surface area contributed by atoms with E-state index in [2.05, 4.69) is 30.3 Å². The molecular weight excluding hydrogens is 305 g/mol. The van der Waals surface area contributed by atoms with Crippen LogP contribution in [0.3, 0.4) is 0 Å². The molecule has 0 bridgehead atoms. The predicted octanol–water partition coefficient (Wildman–Crippen LogP) is 1.78. The summed E-state index contributed by atoms with van der Waals surface area (Å²) in [6.07, 6.45) is 0. The first kappa shape index (κ1) is 14.7. The van der Waals surface area contributed by atoms with Crippen LogP contribution in [0.15, 0.2) is 28.0 Å². The molecule has 8 nitrogen and oxygen atoms in total. The maximum absolute atomic E-state index is 13.1. The van der Waals surface area contributed by atoms with Gasteiger partial charge in [-0.1, -0.05) is 16.8 Å². The summed E-state index contributed by atoms with van der Waals surface area (Å²) >= 11 is 5.67. The van der Waals surface area contributed by atoms with Crippen molar-refractivity contribution >= 4 is 34.9 Å². The fourth-order valence-corrected chi connectivity index (χ4v) is 1.49. The van der Waals surface area contributed by atoms with Gasteiger partial charge in [-0.25, -0.2) is 13.8 Å². The van der Waals surface area contributed by atoms with Gasteiger partial charge in [0, 0.05) is 12.6 Å². The normalized spacial score (nSPS) is 11.3. The first-order valence-corrected chi connectivity index (χ1v) is 5.91. The highest BCUT2D eigenvalue weighted by molar-refractivity contribution is 6.31. The zero-order valence-corrected chi connectivity index (χ0v) is 11.4. The number of hydrogen-bond donors (Lipinski definition) is 2. The van der Waals surface area contributed by atoms with Crippen LogP contribution in [0.2, 0.25) is 5.02 Å². The van der Waals surface area contributed by atoms with Crippen molar-refractivity contribution in [2.45, 2.75) is 6.92 Å². The minimum absolute atomic E-state index is 0.0247. The topological polar surface area (TPSA) is 116 Å². The third kappa shape index (κ3) is 3.66. The summed E-state index contributed by atoms with van der Waals surface area (Å²) in [5.74, 6) is -1.35. The van der Waals surface area contributed by atoms with Crippen LogP contribution < -0.4 is 11.1 Å². The maximum Gasteiger partial charge on any atom is 0.332 e. The summed E-state index contributed by atoms with van der Waals surface area (Å²) in [5, 5.41) is 13.1. The number of carbonyl (C=O) groups excluding carboxylic acids is 1. The molecule has 1 aromatic heterocycles. The van der Waals surface area contributed by atoms with Gasteiger partial charge in [-0.15, -0.1) is 0 Å². The molecule has 0 saturated carbocycles. The quantitative estimate of drug-likeness (QED) is 0.384. The molecule has 21 heavy (non-hydrogen) atoms. The summed E-state index contributed by atoms with van der Waals surface area (Å²) in [5.41, 5.74) is 5.94. The number of carbonyl (C=O) groups is 1. The standard InChI is InChI=1S/C11H9ClFN5O3/c1-5(19)20-18-11(9-10(14)17-21-16-9)15-6-2-3-8(13)7(12)4-6/h2-4H,1H3,(H2,14,17)(H,15,18). The van der Waals surface area contributed by atoms with Crippen molar-refractivity contribution < 1.29 is 18.7 Å². The van der Waals surface area contributed by atoms with E-state index in [4.69, 9.17) is 17.3 Å². The van der Waals surface area contributed by atoms with E-state index in [1.807, 2.05) is 0 Å². The zero-order valence-electron chi connectivity index (χ0n) is 10.6. The van der Waals surface area contributed by atoms with Crippen LogP contribution in [-0.4, -0.2) is 22.1 Å². The van der Waals surface area contributed by atoms with E-state index in [9.17, 15) is 9.18 Å². The molecule has 2 aromatic rings. The van der Waals surface area contributed by atoms with Crippen LogP contribution in [0.4, 0.5) is 15.9 Å². The highest BCUT2D eigenvalue weighted by Gasteiger charge is 2.16. The Kier molecular flexibility index (Phi) is 4.33. The first-order chi connectivity index (χ1) is 9.97. The van der Waals surface area contributed by atoms with E-state index in [1.165, 1.54) is 19.1 Å². The molecule has 3 N–H and O–H groups in total. The van der Waals surface area contributed by atoms with E-state index in [1.54, 1.807) is 0 Å². The second-order valence-corrected chi connectivity index (χ2v) is 4.18. The Morgan fingerprint density at radius 3 is 2.86 bits per heavy atom. The lowest BCUT2D eigenvalue weighted by Gasteiger charge is -2.07. The van der Waals surface area contributed by atoms with Gasteiger partial charge >= 0.3 is 5.97 Å². The van der Waals surface area contributed by atoms with Gasteiger partial charge in [0.2, 0.25) is 5.84 Å². The predicted molar refractivity (Wildman–Crippen MR) is 72.0 cm³/mol. The summed E-state index contributed by atoms with van der Waals surface area (Å²) in [6, 6.07) is 3.86. The minimum Gasteiger partial charge on any atom is -0.379 e. The van der Waals surface area contributed by atoms with E-state index < -0.39 is 11.8 Å². The van der Waals surface area contributed by atoms with Crippen molar-refractivity contribution in [3.8, 4) is 0 Å². The lowest BCUT2D eigenvalue weighted by atomic mass is 10.3. The first-order valence-electron chi connectivity index (χ1n) is 5.53. The highest BCUT2D eigenvalue weighted by atomic mass is 35.5. The van der Waals surface area contributed by atoms with Gasteiger partial charge in [0.1, 0.15) is 5.82 Å². The molecule has 1 heterocycles. The van der Waals surface area contributed by atoms with E-state index in [0.717, 1.165) is 6.07 Å². The Balaban J connectivity index is 2.32. The van der Waals surface area contributed by atoms with Crippen molar-refractivity contribution in [2.75, 3.05) is 11.1 Å². The third-order valence-corrected chi connectivity index (χ3v) is 2.48.